The van der Waals surface area contributed by atoms with Crippen molar-refractivity contribution in [3.8, 4) is 0 Å². The van der Waals surface area contributed by atoms with E-state index in [4.69, 9.17) is 9.47 Å². The van der Waals surface area contributed by atoms with Crippen LogP contribution in [-0.2, 0) is 51.8 Å². The Morgan fingerprint density at radius 1 is 1.11 bits per heavy atom. The third kappa shape index (κ3) is 9.03. The minimum atomic E-state index is -3.95. The Balaban J connectivity index is 1.29. The summed E-state index contributed by atoms with van der Waals surface area (Å²) in [7, 11) is -3.95. The molecular weight excluding hydrogens is 733 g/mol. The molecule has 2 saturated carbocycles. The molecule has 296 valence electrons. The summed E-state index contributed by atoms with van der Waals surface area (Å²) >= 11 is 0. The summed E-state index contributed by atoms with van der Waals surface area (Å²) in [5.74, 6) is -3.15. The fourth-order valence-corrected chi connectivity index (χ4v) is 8.69. The predicted molar refractivity (Wildman–Crippen MR) is 199 cm³/mol. The maximum absolute atomic E-state index is 14.4. The second-order valence-corrected chi connectivity index (χ2v) is 17.7. The highest BCUT2D eigenvalue weighted by molar-refractivity contribution is 7.91. The van der Waals surface area contributed by atoms with E-state index in [-0.39, 0.29) is 39.0 Å². The van der Waals surface area contributed by atoms with Crippen molar-refractivity contribution in [2.45, 2.75) is 101 Å². The van der Waals surface area contributed by atoms with Gasteiger partial charge in [-0.15, -0.1) is 0 Å². The zero-order chi connectivity index (χ0) is 39.7. The molecule has 6 amide bonds. The maximum Gasteiger partial charge on any atom is 0.410 e. The van der Waals surface area contributed by atoms with E-state index in [1.807, 2.05) is 44.2 Å². The highest BCUT2D eigenvalue weighted by atomic mass is 32.2. The van der Waals surface area contributed by atoms with Crippen molar-refractivity contribution in [2.24, 2.45) is 5.41 Å². The molecule has 3 aliphatic heterocycles. The molecule has 3 unspecified atom stereocenters. The Hall–Kier alpha value is -5.19. The van der Waals surface area contributed by atoms with Crippen LogP contribution in [0.2, 0.25) is 0 Å². The Bertz CT molecular complexity index is 1930. The van der Waals surface area contributed by atoms with Crippen LogP contribution in [-0.4, -0.2) is 103 Å². The molecule has 17 heteroatoms. The first-order valence-corrected chi connectivity index (χ1v) is 20.0. The SMILES string of the molecule is C=CC(=O)NCC1NC(=O)OCC(C)(C)CCC=Cc2cccc3c2CN(C3)C(=O)OC2CC(C(=O)NC3(C(=O)NS(=O)(=O)C4CC4)CC(=C)C3)N(C2)C1=O. The van der Waals surface area contributed by atoms with Crippen LogP contribution in [0.15, 0.2) is 49.1 Å². The molecule has 0 radical (unpaired) electrons. The van der Waals surface area contributed by atoms with Crippen molar-refractivity contribution < 1.29 is 46.7 Å². The first-order valence-electron chi connectivity index (χ1n) is 18.4. The summed E-state index contributed by atoms with van der Waals surface area (Å²) in [6.07, 6.45) is 4.38. The van der Waals surface area contributed by atoms with Gasteiger partial charge in [-0.1, -0.05) is 62.9 Å². The number of allylic oxidation sites excluding steroid dienone is 1. The second-order valence-electron chi connectivity index (χ2n) is 15.8. The molecule has 3 fully saturated rings. The summed E-state index contributed by atoms with van der Waals surface area (Å²) in [6, 6.07) is 3.06. The lowest BCUT2D eigenvalue weighted by Crippen LogP contribution is -2.67. The number of nitrogens with zero attached hydrogens (tertiary/aromatic N) is 2. The van der Waals surface area contributed by atoms with E-state index in [2.05, 4.69) is 33.8 Å². The third-order valence-corrected chi connectivity index (χ3v) is 12.4. The Morgan fingerprint density at radius 2 is 1.85 bits per heavy atom. The van der Waals surface area contributed by atoms with Gasteiger partial charge in [-0.2, -0.15) is 0 Å². The quantitative estimate of drug-likeness (QED) is 0.223. The van der Waals surface area contributed by atoms with E-state index < -0.39 is 86.8 Å². The van der Waals surface area contributed by atoms with Gasteiger partial charge in [0.05, 0.1) is 24.9 Å². The zero-order valence-electron chi connectivity index (χ0n) is 31.1. The zero-order valence-corrected chi connectivity index (χ0v) is 31.9. The molecule has 2 aliphatic carbocycles. The number of hydrogen-bond donors (Lipinski definition) is 4. The van der Waals surface area contributed by atoms with Crippen molar-refractivity contribution in [1.29, 1.82) is 0 Å². The van der Waals surface area contributed by atoms with Gasteiger partial charge in [0.25, 0.3) is 5.91 Å². The lowest BCUT2D eigenvalue weighted by atomic mass is 9.72. The number of amides is 6. The van der Waals surface area contributed by atoms with Gasteiger partial charge in [0.2, 0.25) is 27.7 Å². The summed E-state index contributed by atoms with van der Waals surface area (Å²) in [5.41, 5.74) is 1.40. The van der Waals surface area contributed by atoms with Crippen LogP contribution in [0.1, 0.15) is 75.5 Å². The average Bonchev–Trinajstić information content (AvgIpc) is 3.77. The van der Waals surface area contributed by atoms with E-state index in [9.17, 15) is 37.2 Å². The predicted octanol–water partition coefficient (Wildman–Crippen LogP) is 2.15. The minimum absolute atomic E-state index is 0.0149. The van der Waals surface area contributed by atoms with Gasteiger partial charge >= 0.3 is 12.2 Å². The van der Waals surface area contributed by atoms with E-state index >= 15 is 0 Å². The van der Waals surface area contributed by atoms with Gasteiger partial charge < -0.3 is 30.3 Å². The molecule has 4 N–H and O–H groups in total. The molecule has 4 bridgehead atoms. The van der Waals surface area contributed by atoms with Crippen molar-refractivity contribution in [2.75, 3.05) is 19.7 Å². The van der Waals surface area contributed by atoms with E-state index in [1.165, 1.54) is 4.90 Å². The molecule has 6 rings (SSSR count). The van der Waals surface area contributed by atoms with Gasteiger partial charge in [0.1, 0.15) is 23.7 Å². The van der Waals surface area contributed by atoms with Crippen LogP contribution in [0.4, 0.5) is 9.59 Å². The van der Waals surface area contributed by atoms with Crippen LogP contribution in [0, 0.1) is 5.41 Å². The molecular formula is C38H48N6O10S. The molecule has 0 aromatic heterocycles. The molecule has 1 aromatic carbocycles. The van der Waals surface area contributed by atoms with Gasteiger partial charge in [-0.05, 0) is 53.9 Å². The number of alkyl carbamates (subject to hydrolysis) is 1. The number of rotatable bonds is 8. The Morgan fingerprint density at radius 3 is 2.55 bits per heavy atom. The minimum Gasteiger partial charge on any atom is -0.449 e. The van der Waals surface area contributed by atoms with Gasteiger partial charge in [0.15, 0.2) is 0 Å². The summed E-state index contributed by atoms with van der Waals surface area (Å²) in [4.78, 5) is 83.6. The lowest BCUT2D eigenvalue weighted by Gasteiger charge is -2.43. The Labute approximate surface area is 320 Å². The lowest BCUT2D eigenvalue weighted by molar-refractivity contribution is -0.142. The maximum atomic E-state index is 14.4. The van der Waals surface area contributed by atoms with Crippen LogP contribution in [0.3, 0.4) is 0 Å². The fraction of sp³-hybridized carbons (Fsp3) is 0.526. The molecule has 1 saturated heterocycles. The number of ether oxygens (including phenoxy) is 2. The number of nitrogens with one attached hydrogen (secondary N) is 4. The molecule has 5 aliphatic rings. The van der Waals surface area contributed by atoms with Crippen molar-refractivity contribution in [3.63, 3.8) is 0 Å². The summed E-state index contributed by atoms with van der Waals surface area (Å²) in [5, 5.41) is 7.02. The molecule has 0 spiro atoms. The molecule has 3 atom stereocenters. The van der Waals surface area contributed by atoms with Gasteiger partial charge in [-0.3, -0.25) is 28.8 Å². The highest BCUT2D eigenvalue weighted by Crippen LogP contribution is 2.38. The number of carbonyl (C=O) groups excluding carboxylic acids is 6. The van der Waals surface area contributed by atoms with E-state index in [0.29, 0.717) is 37.8 Å². The number of benzene rings is 1. The number of cyclic esters (lactones) is 1. The topological polar surface area (TPSA) is 210 Å². The van der Waals surface area contributed by atoms with E-state index in [1.54, 1.807) is 0 Å². The van der Waals surface area contributed by atoms with Gasteiger partial charge in [-0.25, -0.2) is 18.0 Å². The smallest absolute Gasteiger partial charge is 0.410 e. The number of sulfonamides is 1. The van der Waals surface area contributed by atoms with Crippen LogP contribution in [0.5, 0.6) is 0 Å². The Kier molecular flexibility index (Phi) is 11.1. The molecule has 3 heterocycles. The average molecular weight is 781 g/mol. The fourth-order valence-electron chi connectivity index (χ4n) is 7.32. The van der Waals surface area contributed by atoms with Crippen LogP contribution in [0.25, 0.3) is 6.08 Å². The number of carbonyl (C=O) groups is 6. The van der Waals surface area contributed by atoms with Crippen molar-refractivity contribution in [1.82, 2.24) is 30.5 Å². The highest BCUT2D eigenvalue weighted by Gasteiger charge is 2.53. The van der Waals surface area contributed by atoms with Gasteiger partial charge in [0, 0.05) is 32.4 Å². The summed E-state index contributed by atoms with van der Waals surface area (Å²) < 4.78 is 38.9. The number of hydrogen-bond acceptors (Lipinski definition) is 10. The summed E-state index contributed by atoms with van der Waals surface area (Å²) in [6.45, 7) is 11.1. The normalized spacial score (nSPS) is 25.1. The first kappa shape index (κ1) is 39.5. The first-order chi connectivity index (χ1) is 26.0. The van der Waals surface area contributed by atoms with Crippen molar-refractivity contribution in [3.05, 3.63) is 65.8 Å². The molecule has 55 heavy (non-hydrogen) atoms. The monoisotopic (exact) mass is 780 g/mol. The molecule has 1 aromatic rings. The number of fused-ring (bicyclic) bond motifs is 3. The largest absolute Gasteiger partial charge is 0.449 e. The van der Waals surface area contributed by atoms with E-state index in [0.717, 1.165) is 27.7 Å². The van der Waals surface area contributed by atoms with Crippen LogP contribution < -0.4 is 20.7 Å². The van der Waals surface area contributed by atoms with Crippen molar-refractivity contribution >= 4 is 51.9 Å². The molecule has 16 nitrogen and oxygen atoms in total. The standard InChI is InChI=1S/C38H48N6O10S/c1-5-31(45)39-18-29-33(47)44-20-26(15-30(44)32(46)41-38(16-23(2)17-38)34(48)42-55(51,52)27-12-13-27)54-36(50)43-19-25-11-8-10-24(28(25)21-43)9-6-7-14-37(3,4)22-53-35(49)40-29/h5-6,8-11,26-27,29-30H,1-2,7,12-22H2,3-4H3,(H,39,45)(H,40,49)(H,41,46)(H,42,48). The second kappa shape index (κ2) is 15.5. The third-order valence-electron chi connectivity index (χ3n) is 10.6. The van der Waals surface area contributed by atoms with Crippen LogP contribution >= 0.6 is 0 Å².